The Kier molecular flexibility index (Phi) is 4.38. The summed E-state index contributed by atoms with van der Waals surface area (Å²) in [5, 5.41) is 19.5. The van der Waals surface area contributed by atoms with Gasteiger partial charge in [-0.1, -0.05) is 6.07 Å². The molecule has 0 saturated carbocycles. The lowest BCUT2D eigenvalue weighted by Crippen LogP contribution is -2.06. The van der Waals surface area contributed by atoms with E-state index < -0.39 is 11.7 Å². The standard InChI is InChI=1S/C18H14FNO5/c1-10-2-7-14(16(22)15(10)21)18(23)25-9-13-8-24-17(20-13)11-3-5-12(19)6-4-11/h2-8,21-22H,9H2,1H3. The lowest BCUT2D eigenvalue weighted by molar-refractivity contribution is 0.0463. The van der Waals surface area contributed by atoms with Gasteiger partial charge >= 0.3 is 5.97 Å². The van der Waals surface area contributed by atoms with Crippen LogP contribution in [0.5, 0.6) is 11.5 Å². The zero-order chi connectivity index (χ0) is 18.0. The highest BCUT2D eigenvalue weighted by atomic mass is 19.1. The monoisotopic (exact) mass is 343 g/mol. The minimum atomic E-state index is -0.806. The number of hydrogen-bond donors (Lipinski definition) is 2. The molecule has 3 rings (SSSR count). The Morgan fingerprint density at radius 1 is 1.16 bits per heavy atom. The minimum Gasteiger partial charge on any atom is -0.504 e. The van der Waals surface area contributed by atoms with Gasteiger partial charge in [0, 0.05) is 5.56 Å². The molecule has 0 bridgehead atoms. The fraction of sp³-hybridized carbons (Fsp3) is 0.111. The van der Waals surface area contributed by atoms with Crippen LogP contribution in [-0.2, 0) is 11.3 Å². The molecule has 2 N–H and O–H groups in total. The Hall–Kier alpha value is -3.35. The number of benzene rings is 2. The number of aromatic nitrogens is 1. The topological polar surface area (TPSA) is 92.8 Å². The van der Waals surface area contributed by atoms with Crippen LogP contribution in [0.1, 0.15) is 21.6 Å². The molecule has 2 aromatic carbocycles. The number of phenolic OH excluding ortho intramolecular Hbond substituents is 2. The van der Waals surface area contributed by atoms with Gasteiger partial charge in [-0.3, -0.25) is 0 Å². The molecule has 0 atom stereocenters. The van der Waals surface area contributed by atoms with Crippen molar-refractivity contribution >= 4 is 5.97 Å². The number of esters is 1. The molecule has 0 aliphatic rings. The van der Waals surface area contributed by atoms with Gasteiger partial charge in [-0.15, -0.1) is 0 Å². The van der Waals surface area contributed by atoms with E-state index >= 15 is 0 Å². The summed E-state index contributed by atoms with van der Waals surface area (Å²) < 4.78 is 23.3. The molecule has 3 aromatic rings. The molecule has 0 aliphatic carbocycles. The van der Waals surface area contributed by atoms with E-state index in [-0.39, 0.29) is 29.6 Å². The third kappa shape index (κ3) is 3.45. The minimum absolute atomic E-state index is 0.148. The van der Waals surface area contributed by atoms with E-state index in [0.717, 1.165) is 0 Å². The molecule has 6 nitrogen and oxygen atoms in total. The molecule has 1 aromatic heterocycles. The molecule has 7 heteroatoms. The van der Waals surface area contributed by atoms with Gasteiger partial charge in [-0.05, 0) is 42.8 Å². The Balaban J connectivity index is 1.69. The number of halogens is 1. The largest absolute Gasteiger partial charge is 0.504 e. The van der Waals surface area contributed by atoms with Crippen LogP contribution in [0, 0.1) is 12.7 Å². The van der Waals surface area contributed by atoms with Crippen molar-refractivity contribution in [1.29, 1.82) is 0 Å². The van der Waals surface area contributed by atoms with Crippen LogP contribution in [0.2, 0.25) is 0 Å². The number of hydrogen-bond acceptors (Lipinski definition) is 6. The summed E-state index contributed by atoms with van der Waals surface area (Å²) in [7, 11) is 0. The Bertz CT molecular complexity index is 918. The number of phenols is 2. The SMILES string of the molecule is Cc1ccc(C(=O)OCc2coc(-c3ccc(F)cc3)n2)c(O)c1O. The van der Waals surface area contributed by atoms with E-state index in [1.54, 1.807) is 6.92 Å². The lowest BCUT2D eigenvalue weighted by Gasteiger charge is -2.07. The van der Waals surface area contributed by atoms with Crippen LogP contribution in [0.3, 0.4) is 0 Å². The number of carbonyl (C=O) groups excluding carboxylic acids is 1. The predicted octanol–water partition coefficient (Wildman–Crippen LogP) is 3.56. The van der Waals surface area contributed by atoms with E-state index in [1.807, 2.05) is 0 Å². The number of nitrogens with zero attached hydrogens (tertiary/aromatic N) is 1. The summed E-state index contributed by atoms with van der Waals surface area (Å²) in [6.45, 7) is 1.41. The van der Waals surface area contributed by atoms with E-state index in [0.29, 0.717) is 16.8 Å². The first-order chi connectivity index (χ1) is 12.0. The molecule has 128 valence electrons. The zero-order valence-electron chi connectivity index (χ0n) is 13.2. The van der Waals surface area contributed by atoms with E-state index in [1.165, 1.54) is 42.7 Å². The molecule has 0 amide bonds. The second kappa shape index (κ2) is 6.64. The van der Waals surface area contributed by atoms with Crippen LogP contribution >= 0.6 is 0 Å². The summed E-state index contributed by atoms with van der Waals surface area (Å²) in [4.78, 5) is 16.2. The van der Waals surface area contributed by atoms with Gasteiger partial charge in [0.1, 0.15) is 29.9 Å². The summed E-state index contributed by atoms with van der Waals surface area (Å²) >= 11 is 0. The van der Waals surface area contributed by atoms with Crippen LogP contribution in [0.25, 0.3) is 11.5 Å². The predicted molar refractivity (Wildman–Crippen MR) is 85.5 cm³/mol. The smallest absolute Gasteiger partial charge is 0.342 e. The van der Waals surface area contributed by atoms with Crippen LogP contribution < -0.4 is 0 Å². The number of ether oxygens (including phenoxy) is 1. The molecule has 0 saturated heterocycles. The second-order valence-corrected chi connectivity index (χ2v) is 5.35. The van der Waals surface area contributed by atoms with Gasteiger partial charge in [0.15, 0.2) is 11.5 Å². The summed E-state index contributed by atoms with van der Waals surface area (Å²) in [6.07, 6.45) is 1.32. The van der Waals surface area contributed by atoms with Gasteiger partial charge < -0.3 is 19.4 Å². The van der Waals surface area contributed by atoms with Crippen LogP contribution in [0.4, 0.5) is 4.39 Å². The summed E-state index contributed by atoms with van der Waals surface area (Å²) in [6, 6.07) is 8.46. The normalized spacial score (nSPS) is 10.6. The van der Waals surface area contributed by atoms with Crippen LogP contribution in [-0.4, -0.2) is 21.2 Å². The molecular formula is C18H14FNO5. The zero-order valence-corrected chi connectivity index (χ0v) is 13.2. The Morgan fingerprint density at radius 2 is 1.88 bits per heavy atom. The Morgan fingerprint density at radius 3 is 2.60 bits per heavy atom. The van der Waals surface area contributed by atoms with Crippen molar-refractivity contribution in [3.63, 3.8) is 0 Å². The number of rotatable bonds is 4. The highest BCUT2D eigenvalue weighted by Gasteiger charge is 2.18. The van der Waals surface area contributed by atoms with E-state index in [9.17, 15) is 19.4 Å². The first-order valence-electron chi connectivity index (χ1n) is 7.34. The van der Waals surface area contributed by atoms with E-state index in [2.05, 4.69) is 4.98 Å². The fourth-order valence-electron chi connectivity index (χ4n) is 2.16. The highest BCUT2D eigenvalue weighted by molar-refractivity contribution is 5.93. The van der Waals surface area contributed by atoms with Gasteiger partial charge in [0.25, 0.3) is 0 Å². The third-order valence-electron chi connectivity index (χ3n) is 3.57. The lowest BCUT2D eigenvalue weighted by atomic mass is 10.1. The molecular weight excluding hydrogens is 329 g/mol. The third-order valence-corrected chi connectivity index (χ3v) is 3.57. The maximum atomic E-state index is 12.9. The highest BCUT2D eigenvalue weighted by Crippen LogP contribution is 2.32. The average Bonchev–Trinajstić information content (AvgIpc) is 3.07. The molecule has 0 aliphatic heterocycles. The average molecular weight is 343 g/mol. The first kappa shape index (κ1) is 16.5. The maximum Gasteiger partial charge on any atom is 0.342 e. The van der Waals surface area contributed by atoms with Crippen molar-refractivity contribution in [1.82, 2.24) is 4.98 Å². The van der Waals surface area contributed by atoms with Crippen molar-refractivity contribution in [2.24, 2.45) is 0 Å². The van der Waals surface area contributed by atoms with Gasteiger partial charge in [-0.2, -0.15) is 0 Å². The quantitative estimate of drug-likeness (QED) is 0.556. The molecule has 1 heterocycles. The van der Waals surface area contributed by atoms with Crippen molar-refractivity contribution in [2.75, 3.05) is 0 Å². The number of aromatic hydroxyl groups is 2. The molecule has 0 unspecified atom stereocenters. The molecule has 0 radical (unpaired) electrons. The fourth-order valence-corrected chi connectivity index (χ4v) is 2.16. The van der Waals surface area contributed by atoms with Gasteiger partial charge in [-0.25, -0.2) is 14.2 Å². The first-order valence-corrected chi connectivity index (χ1v) is 7.34. The van der Waals surface area contributed by atoms with Gasteiger partial charge in [0.2, 0.25) is 5.89 Å². The Labute approximate surface area is 142 Å². The van der Waals surface area contributed by atoms with Crippen LogP contribution in [0.15, 0.2) is 47.1 Å². The van der Waals surface area contributed by atoms with E-state index in [4.69, 9.17) is 9.15 Å². The van der Waals surface area contributed by atoms with Crippen molar-refractivity contribution in [3.8, 4) is 23.0 Å². The summed E-state index contributed by atoms with van der Waals surface area (Å²) in [5.74, 6) is -1.81. The van der Waals surface area contributed by atoms with Gasteiger partial charge in [0.05, 0.1) is 0 Å². The molecule has 0 spiro atoms. The maximum absolute atomic E-state index is 12.9. The number of oxazole rings is 1. The second-order valence-electron chi connectivity index (χ2n) is 5.35. The summed E-state index contributed by atoms with van der Waals surface area (Å²) in [5.41, 5.74) is 1.23. The number of aryl methyl sites for hydroxylation is 1. The number of carbonyl (C=O) groups is 1. The van der Waals surface area contributed by atoms with Crippen molar-refractivity contribution in [2.45, 2.75) is 13.5 Å². The molecule has 25 heavy (non-hydrogen) atoms. The van der Waals surface area contributed by atoms with Crippen molar-refractivity contribution in [3.05, 3.63) is 65.3 Å². The van der Waals surface area contributed by atoms with Crippen molar-refractivity contribution < 1.29 is 28.6 Å². The molecule has 0 fully saturated rings.